The van der Waals surface area contributed by atoms with Crippen LogP contribution >= 0.6 is 11.8 Å². The fourth-order valence-electron chi connectivity index (χ4n) is 4.04. The monoisotopic (exact) mass is 380 g/mol. The van der Waals surface area contributed by atoms with Gasteiger partial charge in [0.15, 0.2) is 0 Å². The Morgan fingerprint density at radius 3 is 2.88 bits per heavy atom. The highest BCUT2D eigenvalue weighted by atomic mass is 32.2. The van der Waals surface area contributed by atoms with Crippen molar-refractivity contribution in [3.05, 3.63) is 18.7 Å². The number of carbonyl (C=O) groups is 1. The molecule has 3 atom stereocenters. The summed E-state index contributed by atoms with van der Waals surface area (Å²) in [5.41, 5.74) is 0. The number of nitrogens with zero attached hydrogens (tertiary/aromatic N) is 2. The molecule has 2 aliphatic rings. The minimum Gasteiger partial charge on any atom is -0.380 e. The molecular formula is C19H32N4O2S. The number of imidazole rings is 1. The predicted octanol–water partition coefficient (Wildman–Crippen LogP) is 2.06. The number of ether oxygens (including phenoxy) is 1. The third-order valence-corrected chi connectivity index (χ3v) is 6.63. The van der Waals surface area contributed by atoms with E-state index >= 15 is 0 Å². The quantitative estimate of drug-likeness (QED) is 0.676. The zero-order valence-electron chi connectivity index (χ0n) is 15.7. The molecule has 3 rings (SSSR count). The minimum atomic E-state index is 0.102. The lowest BCUT2D eigenvalue weighted by Gasteiger charge is -2.38. The average molecular weight is 381 g/mol. The van der Waals surface area contributed by atoms with E-state index in [1.165, 1.54) is 24.3 Å². The number of rotatable bonds is 8. The number of aryl methyl sites for hydroxylation is 1. The van der Waals surface area contributed by atoms with Crippen LogP contribution in [0.5, 0.6) is 0 Å². The number of methoxy groups -OCH3 is 1. The van der Waals surface area contributed by atoms with E-state index in [1.54, 1.807) is 13.3 Å². The normalized spacial score (nSPS) is 27.3. The summed E-state index contributed by atoms with van der Waals surface area (Å²) < 4.78 is 7.75. The van der Waals surface area contributed by atoms with Gasteiger partial charge in [0.1, 0.15) is 0 Å². The van der Waals surface area contributed by atoms with Gasteiger partial charge < -0.3 is 19.9 Å². The van der Waals surface area contributed by atoms with Crippen molar-refractivity contribution >= 4 is 17.7 Å². The van der Waals surface area contributed by atoms with Crippen LogP contribution in [0.4, 0.5) is 0 Å². The van der Waals surface area contributed by atoms with Crippen molar-refractivity contribution in [1.82, 2.24) is 20.2 Å². The third-order valence-electron chi connectivity index (χ3n) is 5.58. The zero-order valence-corrected chi connectivity index (χ0v) is 16.5. The third kappa shape index (κ3) is 5.72. The van der Waals surface area contributed by atoms with Crippen molar-refractivity contribution in [3.8, 4) is 0 Å². The van der Waals surface area contributed by atoms with E-state index in [2.05, 4.69) is 15.6 Å². The molecule has 0 spiro atoms. The van der Waals surface area contributed by atoms with Gasteiger partial charge in [0.05, 0.1) is 12.4 Å². The molecule has 1 aliphatic heterocycles. The first-order valence-electron chi connectivity index (χ1n) is 9.86. The molecule has 6 nitrogen and oxygen atoms in total. The molecule has 1 aromatic rings. The maximum Gasteiger partial charge on any atom is 0.223 e. The van der Waals surface area contributed by atoms with E-state index in [4.69, 9.17) is 4.74 Å². The molecule has 7 heteroatoms. The fourth-order valence-corrected chi connectivity index (χ4v) is 5.15. The zero-order chi connectivity index (χ0) is 18.2. The second kappa shape index (κ2) is 10.3. The summed E-state index contributed by atoms with van der Waals surface area (Å²) in [6.07, 6.45) is 11.9. The van der Waals surface area contributed by atoms with E-state index < -0.39 is 0 Å². The smallest absolute Gasteiger partial charge is 0.223 e. The summed E-state index contributed by atoms with van der Waals surface area (Å²) in [6.45, 7) is 1.61. The van der Waals surface area contributed by atoms with Crippen molar-refractivity contribution in [2.24, 2.45) is 5.92 Å². The Morgan fingerprint density at radius 2 is 2.15 bits per heavy atom. The van der Waals surface area contributed by atoms with Gasteiger partial charge in [0, 0.05) is 50.6 Å². The average Bonchev–Trinajstić information content (AvgIpc) is 3.19. The Kier molecular flexibility index (Phi) is 7.83. The van der Waals surface area contributed by atoms with Crippen molar-refractivity contribution in [2.45, 2.75) is 63.3 Å². The summed E-state index contributed by atoms with van der Waals surface area (Å²) in [7, 11) is 1.80. The number of aromatic nitrogens is 2. The number of hydrogen-bond donors (Lipinski definition) is 2. The summed E-state index contributed by atoms with van der Waals surface area (Å²) >= 11 is 2.04. The summed E-state index contributed by atoms with van der Waals surface area (Å²) in [5.74, 6) is 2.78. The van der Waals surface area contributed by atoms with Crippen molar-refractivity contribution in [3.63, 3.8) is 0 Å². The SMILES string of the molecule is CO[C@@H]1CC[C@H](C(=O)NCCCn2ccnc2)C[C@H]1NC1CCSCC1. The van der Waals surface area contributed by atoms with Crippen LogP contribution in [0.2, 0.25) is 0 Å². The molecule has 2 N–H and O–H groups in total. The first-order chi connectivity index (χ1) is 12.8. The molecule has 1 amide bonds. The molecule has 0 unspecified atom stereocenters. The molecule has 2 fully saturated rings. The molecule has 1 aromatic heterocycles. The first kappa shape index (κ1) is 19.7. The molecule has 1 saturated carbocycles. The van der Waals surface area contributed by atoms with Crippen molar-refractivity contribution in [2.75, 3.05) is 25.2 Å². The van der Waals surface area contributed by atoms with Gasteiger partial charge in [0.25, 0.3) is 0 Å². The van der Waals surface area contributed by atoms with Crippen LogP contribution in [0.3, 0.4) is 0 Å². The fraction of sp³-hybridized carbons (Fsp3) is 0.789. The molecule has 1 saturated heterocycles. The van der Waals surface area contributed by atoms with E-state index in [-0.39, 0.29) is 17.9 Å². The van der Waals surface area contributed by atoms with Crippen LogP contribution in [-0.4, -0.2) is 58.8 Å². The largest absolute Gasteiger partial charge is 0.380 e. The number of amides is 1. The van der Waals surface area contributed by atoms with Crippen molar-refractivity contribution in [1.29, 1.82) is 0 Å². The van der Waals surface area contributed by atoms with E-state index in [0.717, 1.165) is 38.8 Å². The Bertz CT molecular complexity index is 534. The van der Waals surface area contributed by atoms with Gasteiger partial charge in [-0.25, -0.2) is 4.98 Å². The number of thioether (sulfide) groups is 1. The van der Waals surface area contributed by atoms with E-state index in [0.29, 0.717) is 12.1 Å². The van der Waals surface area contributed by atoms with Crippen LogP contribution in [0.1, 0.15) is 38.5 Å². The van der Waals surface area contributed by atoms with Crippen LogP contribution in [0.15, 0.2) is 18.7 Å². The van der Waals surface area contributed by atoms with Crippen LogP contribution < -0.4 is 10.6 Å². The van der Waals surface area contributed by atoms with Crippen LogP contribution in [0, 0.1) is 5.92 Å². The molecule has 146 valence electrons. The van der Waals surface area contributed by atoms with Gasteiger partial charge in [0.2, 0.25) is 5.91 Å². The molecule has 0 aromatic carbocycles. The topological polar surface area (TPSA) is 68.2 Å². The second-order valence-electron chi connectivity index (χ2n) is 7.39. The lowest BCUT2D eigenvalue weighted by atomic mass is 9.82. The van der Waals surface area contributed by atoms with Gasteiger partial charge in [-0.1, -0.05) is 0 Å². The maximum atomic E-state index is 12.6. The van der Waals surface area contributed by atoms with Gasteiger partial charge in [-0.15, -0.1) is 0 Å². The second-order valence-corrected chi connectivity index (χ2v) is 8.61. The highest BCUT2D eigenvalue weighted by Crippen LogP contribution is 2.28. The maximum absolute atomic E-state index is 12.6. The summed E-state index contributed by atoms with van der Waals surface area (Å²) in [4.78, 5) is 16.6. The highest BCUT2D eigenvalue weighted by Gasteiger charge is 2.35. The van der Waals surface area contributed by atoms with E-state index in [1.807, 2.05) is 28.9 Å². The summed E-state index contributed by atoms with van der Waals surface area (Å²) in [6, 6.07) is 0.874. The minimum absolute atomic E-state index is 0.102. The highest BCUT2D eigenvalue weighted by molar-refractivity contribution is 7.99. The van der Waals surface area contributed by atoms with Crippen molar-refractivity contribution < 1.29 is 9.53 Å². The standard InChI is InChI=1S/C19H32N4O2S/c1-25-18-4-3-15(13-17(18)22-16-5-11-26-12-6-16)19(24)21-7-2-9-23-10-8-20-14-23/h8,10,14-18,22H,2-7,9,11-13H2,1H3,(H,21,24)/t15-,17+,18+/m0/s1. The molecule has 0 radical (unpaired) electrons. The van der Waals surface area contributed by atoms with Crippen LogP contribution in [0.25, 0.3) is 0 Å². The van der Waals surface area contributed by atoms with Gasteiger partial charge in [-0.2, -0.15) is 11.8 Å². The molecular weight excluding hydrogens is 348 g/mol. The lowest BCUT2D eigenvalue weighted by molar-refractivity contribution is -0.127. The molecule has 26 heavy (non-hydrogen) atoms. The number of carbonyl (C=O) groups excluding carboxylic acids is 1. The molecule has 2 heterocycles. The van der Waals surface area contributed by atoms with Crippen LogP contribution in [-0.2, 0) is 16.1 Å². The number of nitrogens with one attached hydrogen (secondary N) is 2. The Labute approximate surface area is 160 Å². The van der Waals surface area contributed by atoms with Gasteiger partial charge in [-0.05, 0) is 50.0 Å². The predicted molar refractivity (Wildman–Crippen MR) is 105 cm³/mol. The Morgan fingerprint density at radius 1 is 1.31 bits per heavy atom. The lowest BCUT2D eigenvalue weighted by Crippen LogP contribution is -2.52. The van der Waals surface area contributed by atoms with Gasteiger partial charge >= 0.3 is 0 Å². The Balaban J connectivity index is 1.42. The molecule has 1 aliphatic carbocycles. The Hall–Kier alpha value is -1.05. The number of hydrogen-bond acceptors (Lipinski definition) is 5. The first-order valence-corrected chi connectivity index (χ1v) is 11.0. The van der Waals surface area contributed by atoms with Gasteiger partial charge in [-0.3, -0.25) is 4.79 Å². The summed E-state index contributed by atoms with van der Waals surface area (Å²) in [5, 5.41) is 6.93. The van der Waals surface area contributed by atoms with E-state index in [9.17, 15) is 4.79 Å². The molecule has 0 bridgehead atoms.